The van der Waals surface area contributed by atoms with Crippen molar-refractivity contribution in [3.63, 3.8) is 0 Å². The third-order valence-electron chi connectivity index (χ3n) is 2.37. The van der Waals surface area contributed by atoms with Crippen molar-refractivity contribution >= 4 is 39.9 Å². The summed E-state index contributed by atoms with van der Waals surface area (Å²) in [5, 5.41) is 12.5. The van der Waals surface area contributed by atoms with E-state index in [0.29, 0.717) is 12.5 Å². The molecule has 2 nitrogen and oxygen atoms in total. The summed E-state index contributed by atoms with van der Waals surface area (Å²) < 4.78 is 1.17. The van der Waals surface area contributed by atoms with Crippen molar-refractivity contribution in [3.8, 4) is 0 Å². The van der Waals surface area contributed by atoms with Gasteiger partial charge in [0.2, 0.25) is 0 Å². The van der Waals surface area contributed by atoms with Gasteiger partial charge in [-0.25, -0.2) is 0 Å². The molecule has 0 amide bonds. The quantitative estimate of drug-likeness (QED) is 0.628. The average molecular weight is 354 g/mol. The maximum atomic E-state index is 9.36. The van der Waals surface area contributed by atoms with E-state index < -0.39 is 6.10 Å². The monoisotopic (exact) mass is 353 g/mol. The molecule has 1 atom stereocenters. The molecule has 16 heavy (non-hydrogen) atoms. The molecule has 0 saturated heterocycles. The molecule has 0 aliphatic rings. The summed E-state index contributed by atoms with van der Waals surface area (Å²) in [5.41, 5.74) is 2.38. The Hall–Kier alpha value is -0.000000000000000111. The van der Waals surface area contributed by atoms with E-state index in [1.54, 1.807) is 0 Å². The standard InChI is InChI=1S/C12H17ClINO/c1-8(2)9-3-4-12(11(14)5-9)15-7-10(16)6-13/h3-5,8,10,15-16H,6-7H2,1-2H3. The van der Waals surface area contributed by atoms with Crippen LogP contribution in [0.2, 0.25) is 0 Å². The van der Waals surface area contributed by atoms with Crippen LogP contribution in [0.4, 0.5) is 5.69 Å². The van der Waals surface area contributed by atoms with Crippen molar-refractivity contribution < 1.29 is 5.11 Å². The van der Waals surface area contributed by atoms with E-state index in [-0.39, 0.29) is 5.88 Å². The fourth-order valence-electron chi connectivity index (χ4n) is 1.32. The van der Waals surface area contributed by atoms with Crippen molar-refractivity contribution in [1.29, 1.82) is 0 Å². The SMILES string of the molecule is CC(C)c1ccc(NCC(O)CCl)c(I)c1. The summed E-state index contributed by atoms with van der Waals surface area (Å²) in [6.07, 6.45) is -0.498. The number of hydrogen-bond donors (Lipinski definition) is 2. The normalized spacial score (nSPS) is 12.9. The molecule has 0 fully saturated rings. The van der Waals surface area contributed by atoms with Crippen LogP contribution in [-0.4, -0.2) is 23.6 Å². The van der Waals surface area contributed by atoms with E-state index in [1.165, 1.54) is 9.13 Å². The first-order chi connectivity index (χ1) is 7.54. The van der Waals surface area contributed by atoms with Crippen LogP contribution in [0.5, 0.6) is 0 Å². The second-order valence-corrected chi connectivity index (χ2v) is 5.55. The molecule has 0 bridgehead atoms. The predicted octanol–water partition coefficient (Wildman–Crippen LogP) is 3.43. The lowest BCUT2D eigenvalue weighted by molar-refractivity contribution is 0.211. The lowest BCUT2D eigenvalue weighted by atomic mass is 10.0. The number of aliphatic hydroxyl groups excluding tert-OH is 1. The van der Waals surface area contributed by atoms with Gasteiger partial charge >= 0.3 is 0 Å². The van der Waals surface area contributed by atoms with Crippen LogP contribution in [0.1, 0.15) is 25.3 Å². The first-order valence-corrected chi connectivity index (χ1v) is 6.93. The van der Waals surface area contributed by atoms with Gasteiger partial charge in [0.1, 0.15) is 0 Å². The minimum atomic E-state index is -0.498. The number of halogens is 2. The van der Waals surface area contributed by atoms with Gasteiger partial charge in [-0.3, -0.25) is 0 Å². The van der Waals surface area contributed by atoms with E-state index in [4.69, 9.17) is 11.6 Å². The third-order valence-corrected chi connectivity index (χ3v) is 3.61. The van der Waals surface area contributed by atoms with E-state index in [0.717, 1.165) is 5.69 Å². The third kappa shape index (κ3) is 4.11. The zero-order chi connectivity index (χ0) is 12.1. The van der Waals surface area contributed by atoms with Gasteiger partial charge in [-0.2, -0.15) is 0 Å². The van der Waals surface area contributed by atoms with Gasteiger partial charge in [-0.05, 0) is 46.2 Å². The van der Waals surface area contributed by atoms with E-state index in [1.807, 2.05) is 0 Å². The van der Waals surface area contributed by atoms with Crippen LogP contribution < -0.4 is 5.32 Å². The lowest BCUT2D eigenvalue weighted by Crippen LogP contribution is -2.21. The van der Waals surface area contributed by atoms with Crippen molar-refractivity contribution in [1.82, 2.24) is 0 Å². The molecule has 0 radical (unpaired) electrons. The highest BCUT2D eigenvalue weighted by atomic mass is 127. The summed E-state index contributed by atoms with van der Waals surface area (Å²) in [7, 11) is 0. The van der Waals surface area contributed by atoms with Crippen molar-refractivity contribution in [2.24, 2.45) is 0 Å². The molecule has 90 valence electrons. The highest BCUT2D eigenvalue weighted by Gasteiger charge is 2.06. The maximum Gasteiger partial charge on any atom is 0.0847 e. The largest absolute Gasteiger partial charge is 0.390 e. The van der Waals surface area contributed by atoms with Crippen LogP contribution in [0, 0.1) is 3.57 Å². The molecule has 0 aliphatic heterocycles. The molecule has 0 aromatic heterocycles. The summed E-state index contributed by atoms with van der Waals surface area (Å²) in [6.45, 7) is 4.84. The summed E-state index contributed by atoms with van der Waals surface area (Å²) in [4.78, 5) is 0. The lowest BCUT2D eigenvalue weighted by Gasteiger charge is -2.13. The fourth-order valence-corrected chi connectivity index (χ4v) is 2.16. The Morgan fingerprint density at radius 2 is 2.12 bits per heavy atom. The fraction of sp³-hybridized carbons (Fsp3) is 0.500. The van der Waals surface area contributed by atoms with Crippen LogP contribution in [0.25, 0.3) is 0 Å². The zero-order valence-electron chi connectivity index (χ0n) is 9.50. The molecule has 2 N–H and O–H groups in total. The maximum absolute atomic E-state index is 9.36. The number of hydrogen-bond acceptors (Lipinski definition) is 2. The molecule has 1 rings (SSSR count). The number of benzene rings is 1. The Balaban J connectivity index is 2.68. The van der Waals surface area contributed by atoms with Crippen LogP contribution in [0.15, 0.2) is 18.2 Å². The Morgan fingerprint density at radius 1 is 1.44 bits per heavy atom. The first kappa shape index (κ1) is 14.1. The molecular weight excluding hydrogens is 336 g/mol. The van der Waals surface area contributed by atoms with Crippen molar-refractivity contribution in [3.05, 3.63) is 27.3 Å². The highest BCUT2D eigenvalue weighted by molar-refractivity contribution is 14.1. The van der Waals surface area contributed by atoms with Gasteiger partial charge in [0.15, 0.2) is 0 Å². The van der Waals surface area contributed by atoms with E-state index >= 15 is 0 Å². The predicted molar refractivity (Wildman–Crippen MR) is 78.5 cm³/mol. The van der Waals surface area contributed by atoms with Crippen LogP contribution in [0.3, 0.4) is 0 Å². The summed E-state index contributed by atoms with van der Waals surface area (Å²) in [5.74, 6) is 0.796. The summed E-state index contributed by atoms with van der Waals surface area (Å²) >= 11 is 7.83. The highest BCUT2D eigenvalue weighted by Crippen LogP contribution is 2.23. The molecule has 0 saturated carbocycles. The number of nitrogens with one attached hydrogen (secondary N) is 1. The van der Waals surface area contributed by atoms with Gasteiger partial charge in [-0.15, -0.1) is 11.6 Å². The number of anilines is 1. The van der Waals surface area contributed by atoms with Gasteiger partial charge in [0.25, 0.3) is 0 Å². The van der Waals surface area contributed by atoms with Gasteiger partial charge in [0, 0.05) is 15.8 Å². The molecule has 1 unspecified atom stereocenters. The van der Waals surface area contributed by atoms with Gasteiger partial charge < -0.3 is 10.4 Å². The van der Waals surface area contributed by atoms with Crippen molar-refractivity contribution in [2.45, 2.75) is 25.9 Å². The number of aliphatic hydroxyl groups is 1. The van der Waals surface area contributed by atoms with Gasteiger partial charge in [0.05, 0.1) is 12.0 Å². The topological polar surface area (TPSA) is 32.3 Å². The molecule has 1 aromatic carbocycles. The zero-order valence-corrected chi connectivity index (χ0v) is 12.4. The summed E-state index contributed by atoms with van der Waals surface area (Å²) in [6, 6.07) is 6.33. The smallest absolute Gasteiger partial charge is 0.0847 e. The molecule has 0 aliphatic carbocycles. The van der Waals surface area contributed by atoms with Crippen molar-refractivity contribution in [2.75, 3.05) is 17.7 Å². The Labute approximate surface area is 116 Å². The van der Waals surface area contributed by atoms with Gasteiger partial charge in [-0.1, -0.05) is 19.9 Å². The second-order valence-electron chi connectivity index (χ2n) is 4.08. The number of alkyl halides is 1. The molecular formula is C12H17ClINO. The Morgan fingerprint density at radius 3 is 2.62 bits per heavy atom. The minimum Gasteiger partial charge on any atom is -0.390 e. The number of rotatable bonds is 5. The van der Waals surface area contributed by atoms with Crippen LogP contribution >= 0.6 is 34.2 Å². The second kappa shape index (κ2) is 6.67. The van der Waals surface area contributed by atoms with E-state index in [2.05, 4.69) is 60.0 Å². The Kier molecular flexibility index (Phi) is 5.86. The first-order valence-electron chi connectivity index (χ1n) is 5.32. The minimum absolute atomic E-state index is 0.258. The molecule has 1 aromatic rings. The van der Waals surface area contributed by atoms with E-state index in [9.17, 15) is 5.11 Å². The molecule has 4 heteroatoms. The molecule has 0 spiro atoms. The molecule has 0 heterocycles. The average Bonchev–Trinajstić information content (AvgIpc) is 2.26. The van der Waals surface area contributed by atoms with Crippen LogP contribution in [-0.2, 0) is 0 Å². The Bertz CT molecular complexity index is 344.